The first-order valence-corrected chi connectivity index (χ1v) is 4.47. The average Bonchev–Trinajstić information content (AvgIpc) is 2.18. The minimum Gasteiger partial charge on any atom is -0.347 e. The number of rotatable bonds is 3. The standard InChI is InChI=1S/C10H15N3O.ClH/c1-13(2)10(14)9(11)6-8-4-3-5-12-7-8;/h3-5,7,9H,6,11H2,1-2H3;1H. The Morgan fingerprint density at radius 3 is 2.73 bits per heavy atom. The highest BCUT2D eigenvalue weighted by atomic mass is 35.5. The first-order chi connectivity index (χ1) is 6.61. The van der Waals surface area contributed by atoms with Crippen molar-refractivity contribution in [3.8, 4) is 0 Å². The zero-order chi connectivity index (χ0) is 10.6. The van der Waals surface area contributed by atoms with Crippen LogP contribution in [0, 0.1) is 0 Å². The molecule has 84 valence electrons. The van der Waals surface area contributed by atoms with Crippen LogP contribution in [0.5, 0.6) is 0 Å². The van der Waals surface area contributed by atoms with Crippen LogP contribution in [-0.4, -0.2) is 35.9 Å². The molecule has 0 aliphatic heterocycles. The summed E-state index contributed by atoms with van der Waals surface area (Å²) in [7, 11) is 3.40. The van der Waals surface area contributed by atoms with Crippen LogP contribution in [0.3, 0.4) is 0 Å². The van der Waals surface area contributed by atoms with Crippen LogP contribution in [0.2, 0.25) is 0 Å². The Labute approximate surface area is 95.9 Å². The van der Waals surface area contributed by atoms with Gasteiger partial charge in [-0.1, -0.05) is 6.07 Å². The molecule has 1 rings (SSSR count). The summed E-state index contributed by atoms with van der Waals surface area (Å²) in [6, 6.07) is 3.27. The summed E-state index contributed by atoms with van der Waals surface area (Å²) in [4.78, 5) is 16.9. The second-order valence-corrected chi connectivity index (χ2v) is 3.40. The number of hydrogen-bond donors (Lipinski definition) is 1. The van der Waals surface area contributed by atoms with Crippen LogP contribution < -0.4 is 5.73 Å². The van der Waals surface area contributed by atoms with Gasteiger partial charge in [-0.2, -0.15) is 0 Å². The molecule has 0 aliphatic carbocycles. The minimum absolute atomic E-state index is 0. The Kier molecular flexibility index (Phi) is 5.89. The number of halogens is 1. The molecule has 0 aromatic carbocycles. The predicted molar refractivity (Wildman–Crippen MR) is 61.9 cm³/mol. The van der Waals surface area contributed by atoms with Crippen LogP contribution in [0.4, 0.5) is 0 Å². The van der Waals surface area contributed by atoms with Gasteiger partial charge in [-0.25, -0.2) is 0 Å². The molecule has 0 bridgehead atoms. The van der Waals surface area contributed by atoms with E-state index in [-0.39, 0.29) is 18.3 Å². The summed E-state index contributed by atoms with van der Waals surface area (Å²) >= 11 is 0. The normalized spacial score (nSPS) is 11.4. The summed E-state index contributed by atoms with van der Waals surface area (Å²) in [6.07, 6.45) is 3.95. The van der Waals surface area contributed by atoms with Gasteiger partial charge in [0.1, 0.15) is 0 Å². The van der Waals surface area contributed by atoms with Crippen molar-refractivity contribution in [2.75, 3.05) is 14.1 Å². The molecule has 0 saturated carbocycles. The molecule has 0 aliphatic rings. The fraction of sp³-hybridized carbons (Fsp3) is 0.400. The van der Waals surface area contributed by atoms with Gasteiger partial charge in [0.15, 0.2) is 0 Å². The van der Waals surface area contributed by atoms with E-state index in [0.29, 0.717) is 6.42 Å². The fourth-order valence-electron chi connectivity index (χ4n) is 1.19. The third kappa shape index (κ3) is 4.27. The lowest BCUT2D eigenvalue weighted by molar-refractivity contribution is -0.130. The van der Waals surface area contributed by atoms with Gasteiger partial charge < -0.3 is 10.6 Å². The molecule has 1 heterocycles. The molecule has 15 heavy (non-hydrogen) atoms. The molecule has 2 N–H and O–H groups in total. The van der Waals surface area contributed by atoms with Crippen molar-refractivity contribution in [1.29, 1.82) is 0 Å². The maximum atomic E-state index is 11.4. The highest BCUT2D eigenvalue weighted by Crippen LogP contribution is 2.01. The van der Waals surface area contributed by atoms with E-state index < -0.39 is 6.04 Å². The summed E-state index contributed by atoms with van der Waals surface area (Å²) in [5, 5.41) is 0. The molecule has 4 nitrogen and oxygen atoms in total. The van der Waals surface area contributed by atoms with Crippen LogP contribution in [0.15, 0.2) is 24.5 Å². The number of nitrogens with two attached hydrogens (primary N) is 1. The van der Waals surface area contributed by atoms with Crippen molar-refractivity contribution in [3.05, 3.63) is 30.1 Å². The van der Waals surface area contributed by atoms with Crippen molar-refractivity contribution < 1.29 is 4.79 Å². The smallest absolute Gasteiger partial charge is 0.239 e. The monoisotopic (exact) mass is 229 g/mol. The third-order valence-electron chi connectivity index (χ3n) is 1.94. The molecule has 1 atom stereocenters. The Bertz CT molecular complexity index is 303. The number of carbonyl (C=O) groups excluding carboxylic acids is 1. The van der Waals surface area contributed by atoms with Crippen LogP contribution >= 0.6 is 12.4 Å². The van der Waals surface area contributed by atoms with E-state index in [1.54, 1.807) is 26.5 Å². The number of pyridine rings is 1. The molecule has 0 saturated heterocycles. The molecule has 0 radical (unpaired) electrons. The van der Waals surface area contributed by atoms with Gasteiger partial charge in [0.2, 0.25) is 5.91 Å². The lowest BCUT2D eigenvalue weighted by Crippen LogP contribution is -2.41. The van der Waals surface area contributed by atoms with E-state index in [2.05, 4.69) is 4.98 Å². The van der Waals surface area contributed by atoms with Gasteiger partial charge in [-0.3, -0.25) is 9.78 Å². The lowest BCUT2D eigenvalue weighted by atomic mass is 10.1. The van der Waals surface area contributed by atoms with Crippen molar-refractivity contribution in [3.63, 3.8) is 0 Å². The topological polar surface area (TPSA) is 59.2 Å². The Balaban J connectivity index is 0.00000196. The first-order valence-electron chi connectivity index (χ1n) is 4.47. The molecule has 1 aromatic heterocycles. The van der Waals surface area contributed by atoms with Crippen LogP contribution in [-0.2, 0) is 11.2 Å². The SMILES string of the molecule is CN(C)C(=O)C(N)Cc1cccnc1.Cl. The molecular weight excluding hydrogens is 214 g/mol. The zero-order valence-corrected chi connectivity index (χ0v) is 9.70. The fourth-order valence-corrected chi connectivity index (χ4v) is 1.19. The molecule has 1 amide bonds. The summed E-state index contributed by atoms with van der Waals surface area (Å²) in [5.74, 6) is -0.0612. The maximum absolute atomic E-state index is 11.4. The number of hydrogen-bond acceptors (Lipinski definition) is 3. The maximum Gasteiger partial charge on any atom is 0.239 e. The summed E-state index contributed by atoms with van der Waals surface area (Å²) < 4.78 is 0. The molecule has 0 fully saturated rings. The quantitative estimate of drug-likeness (QED) is 0.820. The lowest BCUT2D eigenvalue weighted by Gasteiger charge is -2.16. The largest absolute Gasteiger partial charge is 0.347 e. The number of amides is 1. The molecule has 1 aromatic rings. The van der Waals surface area contributed by atoms with Crippen molar-refractivity contribution in [2.45, 2.75) is 12.5 Å². The van der Waals surface area contributed by atoms with Crippen molar-refractivity contribution >= 4 is 18.3 Å². The first kappa shape index (κ1) is 13.9. The second-order valence-electron chi connectivity index (χ2n) is 3.40. The van der Waals surface area contributed by atoms with Crippen LogP contribution in [0.1, 0.15) is 5.56 Å². The highest BCUT2D eigenvalue weighted by Gasteiger charge is 2.15. The average molecular weight is 230 g/mol. The van der Waals surface area contributed by atoms with Gasteiger partial charge >= 0.3 is 0 Å². The minimum atomic E-state index is -0.478. The summed E-state index contributed by atoms with van der Waals surface area (Å²) in [6.45, 7) is 0. The molecule has 1 unspecified atom stereocenters. The molecule has 0 spiro atoms. The number of carbonyl (C=O) groups is 1. The number of nitrogens with zero attached hydrogens (tertiary/aromatic N) is 2. The second kappa shape index (κ2) is 6.37. The van der Waals surface area contributed by atoms with Gasteiger partial charge in [0, 0.05) is 26.5 Å². The van der Waals surface area contributed by atoms with Gasteiger partial charge in [-0.05, 0) is 18.1 Å². The molecule has 5 heteroatoms. The zero-order valence-electron chi connectivity index (χ0n) is 8.88. The van der Waals surface area contributed by atoms with Crippen molar-refractivity contribution in [2.24, 2.45) is 5.73 Å². The Hall–Kier alpha value is -1.13. The van der Waals surface area contributed by atoms with E-state index in [1.165, 1.54) is 4.90 Å². The van der Waals surface area contributed by atoms with Crippen LogP contribution in [0.25, 0.3) is 0 Å². The van der Waals surface area contributed by atoms with E-state index in [4.69, 9.17) is 5.73 Å². The number of likely N-dealkylation sites (N-methyl/N-ethyl adjacent to an activating group) is 1. The number of aromatic nitrogens is 1. The molecular formula is C10H16ClN3O. The van der Waals surface area contributed by atoms with E-state index in [1.807, 2.05) is 12.1 Å². The van der Waals surface area contributed by atoms with E-state index in [9.17, 15) is 4.79 Å². The van der Waals surface area contributed by atoms with Gasteiger partial charge in [-0.15, -0.1) is 12.4 Å². The van der Waals surface area contributed by atoms with E-state index >= 15 is 0 Å². The Morgan fingerprint density at radius 2 is 2.27 bits per heavy atom. The summed E-state index contributed by atoms with van der Waals surface area (Å²) in [5.41, 5.74) is 6.71. The van der Waals surface area contributed by atoms with Gasteiger partial charge in [0.05, 0.1) is 6.04 Å². The highest BCUT2D eigenvalue weighted by molar-refractivity contribution is 5.85. The van der Waals surface area contributed by atoms with Gasteiger partial charge in [0.25, 0.3) is 0 Å². The predicted octanol–water partition coefficient (Wildman–Crippen LogP) is 0.461. The Morgan fingerprint density at radius 1 is 1.60 bits per heavy atom. The van der Waals surface area contributed by atoms with Crippen molar-refractivity contribution in [1.82, 2.24) is 9.88 Å². The third-order valence-corrected chi connectivity index (χ3v) is 1.94. The van der Waals surface area contributed by atoms with E-state index in [0.717, 1.165) is 5.56 Å².